The summed E-state index contributed by atoms with van der Waals surface area (Å²) in [6.07, 6.45) is 3.68. The summed E-state index contributed by atoms with van der Waals surface area (Å²) < 4.78 is 15.4. The molecule has 0 radical (unpaired) electrons. The van der Waals surface area contributed by atoms with Gasteiger partial charge in [0.05, 0.1) is 6.54 Å². The van der Waals surface area contributed by atoms with E-state index in [4.69, 9.17) is 5.73 Å². The second-order valence-corrected chi connectivity index (χ2v) is 5.12. The summed E-state index contributed by atoms with van der Waals surface area (Å²) in [7, 11) is 3.94. The van der Waals surface area contributed by atoms with Crippen LogP contribution < -0.4 is 5.73 Å². The van der Waals surface area contributed by atoms with Crippen molar-refractivity contribution in [2.45, 2.75) is 19.5 Å². The van der Waals surface area contributed by atoms with Gasteiger partial charge in [0.25, 0.3) is 0 Å². The fraction of sp³-hybridized carbons (Fsp3) is 0.400. The Bertz CT molecular complexity index is 579. The lowest BCUT2D eigenvalue weighted by atomic mass is 10.00. The number of halogens is 1. The monoisotopic (exact) mass is 276 g/mol. The van der Waals surface area contributed by atoms with Gasteiger partial charge in [-0.25, -0.2) is 9.37 Å². The van der Waals surface area contributed by atoms with Crippen molar-refractivity contribution >= 4 is 0 Å². The summed E-state index contributed by atoms with van der Waals surface area (Å²) in [6, 6.07) is 4.82. The quantitative estimate of drug-likeness (QED) is 0.908. The molecule has 0 bridgehead atoms. The van der Waals surface area contributed by atoms with Gasteiger partial charge in [-0.2, -0.15) is 0 Å². The van der Waals surface area contributed by atoms with Crippen molar-refractivity contribution in [2.75, 3.05) is 13.6 Å². The van der Waals surface area contributed by atoms with E-state index < -0.39 is 0 Å². The minimum absolute atomic E-state index is 0.0256. The minimum atomic E-state index is -0.227. The predicted octanol–water partition coefficient (Wildman–Crippen LogP) is 2.00. The zero-order valence-corrected chi connectivity index (χ0v) is 12.2. The molecule has 1 aromatic heterocycles. The smallest absolute Gasteiger partial charge is 0.123 e. The third-order valence-electron chi connectivity index (χ3n) is 3.67. The highest BCUT2D eigenvalue weighted by Crippen LogP contribution is 2.24. The van der Waals surface area contributed by atoms with E-state index in [0.717, 1.165) is 17.0 Å². The van der Waals surface area contributed by atoms with Gasteiger partial charge in [-0.15, -0.1) is 0 Å². The highest BCUT2D eigenvalue weighted by atomic mass is 19.1. The summed E-state index contributed by atoms with van der Waals surface area (Å²) in [5.41, 5.74) is 7.88. The molecule has 4 nitrogen and oxygen atoms in total. The number of imidazole rings is 1. The first kappa shape index (κ1) is 14.7. The van der Waals surface area contributed by atoms with Crippen LogP contribution in [-0.4, -0.2) is 28.0 Å². The maximum Gasteiger partial charge on any atom is 0.123 e. The zero-order chi connectivity index (χ0) is 14.7. The molecule has 0 fully saturated rings. The number of benzene rings is 1. The van der Waals surface area contributed by atoms with Crippen LogP contribution in [0.5, 0.6) is 0 Å². The molecule has 1 atom stereocenters. The summed E-state index contributed by atoms with van der Waals surface area (Å²) >= 11 is 0. The second kappa shape index (κ2) is 6.15. The number of nitrogens with two attached hydrogens (primary N) is 1. The Morgan fingerprint density at radius 3 is 2.80 bits per heavy atom. The summed E-state index contributed by atoms with van der Waals surface area (Å²) in [6.45, 7) is 3.08. The van der Waals surface area contributed by atoms with E-state index in [2.05, 4.69) is 9.88 Å². The molecule has 0 aliphatic heterocycles. The van der Waals surface area contributed by atoms with Gasteiger partial charge in [-0.1, -0.05) is 6.07 Å². The normalized spacial score (nSPS) is 12.9. The Morgan fingerprint density at radius 1 is 1.45 bits per heavy atom. The number of likely N-dealkylation sites (N-methyl/N-ethyl adjacent to an activating group) is 1. The minimum Gasteiger partial charge on any atom is -0.337 e. The van der Waals surface area contributed by atoms with Crippen molar-refractivity contribution in [3.8, 4) is 0 Å². The molecule has 1 aromatic carbocycles. The van der Waals surface area contributed by atoms with Gasteiger partial charge in [0, 0.05) is 32.0 Å². The van der Waals surface area contributed by atoms with Gasteiger partial charge in [-0.3, -0.25) is 4.90 Å². The average molecular weight is 276 g/mol. The van der Waals surface area contributed by atoms with Crippen molar-refractivity contribution < 1.29 is 4.39 Å². The van der Waals surface area contributed by atoms with Gasteiger partial charge >= 0.3 is 0 Å². The first-order valence-electron chi connectivity index (χ1n) is 6.65. The third-order valence-corrected chi connectivity index (χ3v) is 3.67. The topological polar surface area (TPSA) is 47.1 Å². The molecule has 0 saturated carbocycles. The molecule has 0 aliphatic carbocycles. The van der Waals surface area contributed by atoms with Crippen LogP contribution in [0.1, 0.15) is 23.0 Å². The molecule has 1 unspecified atom stereocenters. The summed E-state index contributed by atoms with van der Waals surface area (Å²) in [4.78, 5) is 6.41. The highest BCUT2D eigenvalue weighted by molar-refractivity contribution is 5.30. The molecule has 108 valence electrons. The fourth-order valence-electron chi connectivity index (χ4n) is 2.40. The van der Waals surface area contributed by atoms with E-state index in [1.54, 1.807) is 18.3 Å². The molecule has 0 aliphatic rings. The van der Waals surface area contributed by atoms with E-state index >= 15 is 0 Å². The molecule has 5 heteroatoms. The van der Waals surface area contributed by atoms with Crippen LogP contribution in [0.25, 0.3) is 0 Å². The molecule has 20 heavy (non-hydrogen) atoms. The van der Waals surface area contributed by atoms with E-state index in [-0.39, 0.29) is 11.9 Å². The van der Waals surface area contributed by atoms with Crippen molar-refractivity contribution in [3.05, 3.63) is 53.4 Å². The Kier molecular flexibility index (Phi) is 4.52. The maximum absolute atomic E-state index is 13.5. The lowest BCUT2D eigenvalue weighted by Gasteiger charge is -2.28. The van der Waals surface area contributed by atoms with E-state index in [1.165, 1.54) is 6.07 Å². The van der Waals surface area contributed by atoms with Crippen molar-refractivity contribution in [3.63, 3.8) is 0 Å². The molecule has 0 spiro atoms. The van der Waals surface area contributed by atoms with E-state index in [0.29, 0.717) is 13.1 Å². The predicted molar refractivity (Wildman–Crippen MR) is 77.6 cm³/mol. The van der Waals surface area contributed by atoms with Crippen LogP contribution >= 0.6 is 0 Å². The largest absolute Gasteiger partial charge is 0.337 e. The summed E-state index contributed by atoms with van der Waals surface area (Å²) in [5, 5.41) is 0. The fourth-order valence-corrected chi connectivity index (χ4v) is 2.40. The SMILES string of the molecule is Cc1ccc(F)cc1C(CN)N(C)Cc1nccn1C. The van der Waals surface area contributed by atoms with E-state index in [1.807, 2.05) is 31.8 Å². The molecule has 0 amide bonds. The van der Waals surface area contributed by atoms with Gasteiger partial charge in [0.1, 0.15) is 11.6 Å². The number of aromatic nitrogens is 2. The van der Waals surface area contributed by atoms with Crippen LogP contribution in [0.3, 0.4) is 0 Å². The number of hydrogen-bond acceptors (Lipinski definition) is 3. The summed E-state index contributed by atoms with van der Waals surface area (Å²) in [5.74, 6) is 0.731. The van der Waals surface area contributed by atoms with Crippen molar-refractivity contribution in [1.29, 1.82) is 0 Å². The Labute approximate surface area is 119 Å². The molecule has 2 rings (SSSR count). The first-order valence-corrected chi connectivity index (χ1v) is 6.65. The van der Waals surface area contributed by atoms with Gasteiger partial charge < -0.3 is 10.3 Å². The molecule has 1 heterocycles. The van der Waals surface area contributed by atoms with Crippen LogP contribution in [-0.2, 0) is 13.6 Å². The third kappa shape index (κ3) is 3.05. The van der Waals surface area contributed by atoms with Gasteiger partial charge in [0.15, 0.2) is 0 Å². The lowest BCUT2D eigenvalue weighted by Crippen LogP contribution is -2.31. The average Bonchev–Trinajstić information content (AvgIpc) is 2.80. The van der Waals surface area contributed by atoms with Crippen LogP contribution in [0.15, 0.2) is 30.6 Å². The number of rotatable bonds is 5. The second-order valence-electron chi connectivity index (χ2n) is 5.12. The van der Waals surface area contributed by atoms with Crippen LogP contribution in [0, 0.1) is 12.7 Å². The zero-order valence-electron chi connectivity index (χ0n) is 12.2. The molecule has 0 saturated heterocycles. The van der Waals surface area contributed by atoms with E-state index in [9.17, 15) is 4.39 Å². The number of aryl methyl sites for hydroxylation is 2. The maximum atomic E-state index is 13.5. The Morgan fingerprint density at radius 2 is 2.20 bits per heavy atom. The Balaban J connectivity index is 2.23. The van der Waals surface area contributed by atoms with Crippen LogP contribution in [0.4, 0.5) is 4.39 Å². The lowest BCUT2D eigenvalue weighted by molar-refractivity contribution is 0.232. The van der Waals surface area contributed by atoms with Crippen LogP contribution in [0.2, 0.25) is 0 Å². The highest BCUT2D eigenvalue weighted by Gasteiger charge is 2.19. The molecular formula is C15H21FN4. The number of nitrogens with zero attached hydrogens (tertiary/aromatic N) is 3. The first-order chi connectivity index (χ1) is 9.52. The van der Waals surface area contributed by atoms with Gasteiger partial charge in [-0.05, 0) is 37.2 Å². The molecule has 2 aromatic rings. The molecular weight excluding hydrogens is 255 g/mol. The number of hydrogen-bond donors (Lipinski definition) is 1. The van der Waals surface area contributed by atoms with Crippen molar-refractivity contribution in [1.82, 2.24) is 14.5 Å². The van der Waals surface area contributed by atoms with Crippen molar-refractivity contribution in [2.24, 2.45) is 12.8 Å². The molecule has 2 N–H and O–H groups in total. The standard InChI is InChI=1S/C15H21FN4/c1-11-4-5-12(16)8-13(11)14(9-17)20(3)10-15-18-6-7-19(15)2/h4-8,14H,9-10,17H2,1-3H3. The Hall–Kier alpha value is -1.72. The van der Waals surface area contributed by atoms with Gasteiger partial charge in [0.2, 0.25) is 0 Å².